The van der Waals surface area contributed by atoms with Crippen molar-refractivity contribution in [1.29, 1.82) is 0 Å². The van der Waals surface area contributed by atoms with Gasteiger partial charge in [0.1, 0.15) is 0 Å². The van der Waals surface area contributed by atoms with E-state index >= 15 is 0 Å². The van der Waals surface area contributed by atoms with Crippen LogP contribution >= 0.6 is 12.2 Å². The molecule has 0 heterocycles. The van der Waals surface area contributed by atoms with Crippen LogP contribution in [0.1, 0.15) is 25.3 Å². The molecule has 0 atom stereocenters. The second-order valence-corrected chi connectivity index (χ2v) is 3.94. The van der Waals surface area contributed by atoms with Crippen molar-refractivity contribution in [2.24, 2.45) is 0 Å². The molecule has 0 saturated heterocycles. The first kappa shape index (κ1) is 11.9. The Morgan fingerprint density at radius 1 is 1.20 bits per heavy atom. The van der Waals surface area contributed by atoms with Crippen LogP contribution in [0.25, 0.3) is 5.57 Å². The van der Waals surface area contributed by atoms with E-state index in [2.05, 4.69) is 20.1 Å². The standard InChI is InChI=1S/C14H16S/c1-4-8-11(2)14(15)12(3)13-9-6-5-7-10-13/h5-7,9-10H,2-4,8H2,1H3. The molecule has 1 aromatic rings. The summed E-state index contributed by atoms with van der Waals surface area (Å²) >= 11 is 5.35. The summed E-state index contributed by atoms with van der Waals surface area (Å²) < 4.78 is 0. The van der Waals surface area contributed by atoms with Gasteiger partial charge in [-0.25, -0.2) is 0 Å². The molecule has 0 amide bonds. The van der Waals surface area contributed by atoms with Gasteiger partial charge in [-0.05, 0) is 23.1 Å². The summed E-state index contributed by atoms with van der Waals surface area (Å²) in [6, 6.07) is 10.0. The van der Waals surface area contributed by atoms with E-state index in [9.17, 15) is 0 Å². The third-order valence-corrected chi connectivity index (χ3v) is 2.80. The highest BCUT2D eigenvalue weighted by Gasteiger charge is 2.07. The Bertz CT molecular complexity index is 374. The Labute approximate surface area is 97.3 Å². The summed E-state index contributed by atoms with van der Waals surface area (Å²) in [6.07, 6.45) is 2.02. The number of hydrogen-bond acceptors (Lipinski definition) is 1. The van der Waals surface area contributed by atoms with Crippen molar-refractivity contribution < 1.29 is 0 Å². The van der Waals surface area contributed by atoms with Gasteiger partial charge in [-0.3, -0.25) is 0 Å². The van der Waals surface area contributed by atoms with Crippen molar-refractivity contribution in [3.63, 3.8) is 0 Å². The lowest BCUT2D eigenvalue weighted by Crippen LogP contribution is -2.00. The monoisotopic (exact) mass is 216 g/mol. The van der Waals surface area contributed by atoms with E-state index in [0.29, 0.717) is 0 Å². The predicted molar refractivity (Wildman–Crippen MR) is 72.1 cm³/mol. The molecule has 0 radical (unpaired) electrons. The van der Waals surface area contributed by atoms with Gasteiger partial charge in [0.05, 0.1) is 0 Å². The fourth-order valence-corrected chi connectivity index (χ4v) is 1.62. The van der Waals surface area contributed by atoms with E-state index in [1.807, 2.05) is 30.3 Å². The molecule has 0 N–H and O–H groups in total. The zero-order valence-corrected chi connectivity index (χ0v) is 9.94. The Hall–Kier alpha value is -1.21. The van der Waals surface area contributed by atoms with E-state index in [-0.39, 0.29) is 0 Å². The second kappa shape index (κ2) is 5.62. The van der Waals surface area contributed by atoms with Gasteiger partial charge in [-0.15, -0.1) is 0 Å². The van der Waals surface area contributed by atoms with E-state index < -0.39 is 0 Å². The highest BCUT2D eigenvalue weighted by molar-refractivity contribution is 7.81. The van der Waals surface area contributed by atoms with Crippen molar-refractivity contribution in [2.45, 2.75) is 19.8 Å². The molecular formula is C14H16S. The van der Waals surface area contributed by atoms with Crippen LogP contribution in [0.3, 0.4) is 0 Å². The van der Waals surface area contributed by atoms with E-state index in [1.165, 1.54) is 0 Å². The van der Waals surface area contributed by atoms with Crippen molar-refractivity contribution in [2.75, 3.05) is 0 Å². The van der Waals surface area contributed by atoms with Crippen LogP contribution in [0, 0.1) is 0 Å². The predicted octanol–water partition coefficient (Wildman–Crippen LogP) is 4.43. The van der Waals surface area contributed by atoms with Crippen molar-refractivity contribution in [3.8, 4) is 0 Å². The number of benzene rings is 1. The van der Waals surface area contributed by atoms with Crippen molar-refractivity contribution in [1.82, 2.24) is 0 Å². The Balaban J connectivity index is 2.78. The third kappa shape index (κ3) is 3.14. The molecule has 78 valence electrons. The highest BCUT2D eigenvalue weighted by atomic mass is 32.1. The van der Waals surface area contributed by atoms with E-state index in [4.69, 9.17) is 12.2 Å². The quantitative estimate of drug-likeness (QED) is 0.518. The summed E-state index contributed by atoms with van der Waals surface area (Å²) in [7, 11) is 0. The molecule has 1 aromatic carbocycles. The zero-order valence-electron chi connectivity index (χ0n) is 9.12. The van der Waals surface area contributed by atoms with Crippen LogP contribution < -0.4 is 0 Å². The summed E-state index contributed by atoms with van der Waals surface area (Å²) in [6.45, 7) is 10.1. The maximum Gasteiger partial charge on any atom is 0.0475 e. The van der Waals surface area contributed by atoms with Crippen LogP contribution in [-0.2, 0) is 0 Å². The summed E-state index contributed by atoms with van der Waals surface area (Å²) in [4.78, 5) is 0.808. The molecule has 0 saturated carbocycles. The molecule has 0 fully saturated rings. The number of rotatable bonds is 5. The fourth-order valence-electron chi connectivity index (χ4n) is 1.40. The number of allylic oxidation sites excluding steroid dienone is 2. The number of thiocarbonyl (C=S) groups is 1. The minimum Gasteiger partial charge on any atom is -0.0944 e. The van der Waals surface area contributed by atoms with Crippen LogP contribution in [0.4, 0.5) is 0 Å². The molecular weight excluding hydrogens is 200 g/mol. The molecule has 0 aliphatic carbocycles. The second-order valence-electron chi connectivity index (χ2n) is 3.53. The van der Waals surface area contributed by atoms with Crippen LogP contribution in [0.5, 0.6) is 0 Å². The van der Waals surface area contributed by atoms with E-state index in [1.54, 1.807) is 0 Å². The van der Waals surface area contributed by atoms with Crippen molar-refractivity contribution in [3.05, 3.63) is 54.6 Å². The van der Waals surface area contributed by atoms with Crippen LogP contribution in [0.15, 0.2) is 49.1 Å². The molecule has 0 nitrogen and oxygen atoms in total. The lowest BCUT2D eigenvalue weighted by molar-refractivity contribution is 0.942. The smallest absolute Gasteiger partial charge is 0.0475 e. The third-order valence-electron chi connectivity index (χ3n) is 2.27. The molecule has 1 rings (SSSR count). The maximum absolute atomic E-state index is 5.35. The SMILES string of the molecule is C=C(CCC)C(=S)C(=C)c1ccccc1. The van der Waals surface area contributed by atoms with Gasteiger partial charge in [0, 0.05) is 4.86 Å². The first-order valence-electron chi connectivity index (χ1n) is 5.13. The molecule has 1 heteroatoms. The Kier molecular flexibility index (Phi) is 4.44. The number of hydrogen-bond donors (Lipinski definition) is 0. The molecule has 0 aromatic heterocycles. The first-order valence-corrected chi connectivity index (χ1v) is 5.54. The molecule has 0 spiro atoms. The molecule has 0 bridgehead atoms. The fraction of sp³-hybridized carbons (Fsp3) is 0.214. The maximum atomic E-state index is 5.35. The summed E-state index contributed by atoms with van der Waals surface area (Å²) in [5.74, 6) is 0. The lowest BCUT2D eigenvalue weighted by Gasteiger charge is -2.09. The minimum atomic E-state index is 0.808. The minimum absolute atomic E-state index is 0.808. The van der Waals surface area contributed by atoms with Crippen LogP contribution in [0.2, 0.25) is 0 Å². The van der Waals surface area contributed by atoms with Gasteiger partial charge in [0.25, 0.3) is 0 Å². The van der Waals surface area contributed by atoms with Gasteiger partial charge < -0.3 is 0 Å². The zero-order chi connectivity index (χ0) is 11.3. The summed E-state index contributed by atoms with van der Waals surface area (Å²) in [5, 5.41) is 0. The Morgan fingerprint density at radius 2 is 1.80 bits per heavy atom. The lowest BCUT2D eigenvalue weighted by atomic mass is 9.98. The van der Waals surface area contributed by atoms with Gasteiger partial charge in [-0.1, -0.05) is 69.1 Å². The van der Waals surface area contributed by atoms with Crippen LogP contribution in [-0.4, -0.2) is 4.86 Å². The average molecular weight is 216 g/mol. The Morgan fingerprint density at radius 3 is 2.33 bits per heavy atom. The van der Waals surface area contributed by atoms with E-state index in [0.717, 1.165) is 34.4 Å². The topological polar surface area (TPSA) is 0 Å². The first-order chi connectivity index (χ1) is 7.16. The largest absolute Gasteiger partial charge is 0.0944 e. The average Bonchev–Trinajstić information content (AvgIpc) is 2.28. The van der Waals surface area contributed by atoms with Gasteiger partial charge >= 0.3 is 0 Å². The highest BCUT2D eigenvalue weighted by Crippen LogP contribution is 2.19. The normalized spacial score (nSPS) is 9.67. The van der Waals surface area contributed by atoms with Gasteiger partial charge in [0.2, 0.25) is 0 Å². The molecule has 0 aliphatic rings. The molecule has 0 aliphatic heterocycles. The summed E-state index contributed by atoms with van der Waals surface area (Å²) in [5.41, 5.74) is 3.00. The molecule has 0 unspecified atom stereocenters. The van der Waals surface area contributed by atoms with Gasteiger partial charge in [-0.2, -0.15) is 0 Å². The molecule has 15 heavy (non-hydrogen) atoms. The van der Waals surface area contributed by atoms with Crippen molar-refractivity contribution >= 4 is 22.7 Å². The van der Waals surface area contributed by atoms with Gasteiger partial charge in [0.15, 0.2) is 0 Å².